The smallest absolute Gasteiger partial charge is 0.241 e. The van der Waals surface area contributed by atoms with E-state index in [2.05, 4.69) is 21.2 Å². The highest BCUT2D eigenvalue weighted by atomic mass is 79.9. The Morgan fingerprint density at radius 2 is 2.18 bits per heavy atom. The van der Waals surface area contributed by atoms with Crippen LogP contribution in [0.25, 0.3) is 0 Å². The summed E-state index contributed by atoms with van der Waals surface area (Å²) >= 11 is 3.27. The molecule has 0 radical (unpaired) electrons. The quantitative estimate of drug-likeness (QED) is 0.897. The number of hydrogen-bond acceptors (Lipinski definition) is 3. The number of carbonyl (C=O) groups is 1. The van der Waals surface area contributed by atoms with Crippen LogP contribution in [-0.4, -0.2) is 11.9 Å². The van der Waals surface area contributed by atoms with Crippen LogP contribution in [0.15, 0.2) is 22.7 Å². The standard InChI is InChI=1S/C12H14BrN3O/c1-7(2)11(15)12(17)16-10-4-3-9(13)5-8(10)6-14/h3-5,7,11H,15H2,1-2H3,(H,16,17)/t11-/m0/s1. The Labute approximate surface area is 109 Å². The minimum absolute atomic E-state index is 0.0518. The summed E-state index contributed by atoms with van der Waals surface area (Å²) in [5.41, 5.74) is 6.61. The number of rotatable bonds is 3. The molecule has 0 unspecified atom stereocenters. The fraction of sp³-hybridized carbons (Fsp3) is 0.333. The summed E-state index contributed by atoms with van der Waals surface area (Å²) < 4.78 is 0.792. The van der Waals surface area contributed by atoms with Gasteiger partial charge in [-0.1, -0.05) is 29.8 Å². The predicted molar refractivity (Wildman–Crippen MR) is 70.3 cm³/mol. The van der Waals surface area contributed by atoms with Crippen molar-refractivity contribution in [2.45, 2.75) is 19.9 Å². The van der Waals surface area contributed by atoms with Gasteiger partial charge in [0.15, 0.2) is 0 Å². The Bertz CT molecular complexity index is 465. The molecular formula is C12H14BrN3O. The average Bonchev–Trinajstić information content (AvgIpc) is 2.30. The summed E-state index contributed by atoms with van der Waals surface area (Å²) in [6, 6.07) is 6.53. The molecule has 3 N–H and O–H groups in total. The molecule has 0 saturated heterocycles. The van der Waals surface area contributed by atoms with E-state index >= 15 is 0 Å². The highest BCUT2D eigenvalue weighted by Crippen LogP contribution is 2.20. The molecule has 0 aliphatic heterocycles. The van der Waals surface area contributed by atoms with Gasteiger partial charge in [-0.05, 0) is 24.1 Å². The molecular weight excluding hydrogens is 282 g/mol. The van der Waals surface area contributed by atoms with Gasteiger partial charge in [0.05, 0.1) is 17.3 Å². The molecule has 4 nitrogen and oxygen atoms in total. The van der Waals surface area contributed by atoms with Crippen LogP contribution in [0, 0.1) is 17.2 Å². The highest BCUT2D eigenvalue weighted by molar-refractivity contribution is 9.10. The summed E-state index contributed by atoms with van der Waals surface area (Å²) in [5.74, 6) is -0.227. The first-order valence-electron chi connectivity index (χ1n) is 5.21. The van der Waals surface area contributed by atoms with Gasteiger partial charge in [-0.25, -0.2) is 0 Å². The number of nitrogens with one attached hydrogen (secondary N) is 1. The number of halogens is 1. The Hall–Kier alpha value is -1.38. The van der Waals surface area contributed by atoms with E-state index in [4.69, 9.17) is 11.0 Å². The molecule has 90 valence electrons. The molecule has 0 aromatic heterocycles. The lowest BCUT2D eigenvalue weighted by atomic mass is 10.0. The number of anilines is 1. The molecule has 0 spiro atoms. The normalized spacial score (nSPS) is 12.0. The second-order valence-corrected chi connectivity index (χ2v) is 4.98. The lowest BCUT2D eigenvalue weighted by Gasteiger charge is -2.15. The molecule has 1 rings (SSSR count). The van der Waals surface area contributed by atoms with E-state index in [1.54, 1.807) is 18.2 Å². The van der Waals surface area contributed by atoms with Gasteiger partial charge in [-0.2, -0.15) is 5.26 Å². The van der Waals surface area contributed by atoms with Crippen LogP contribution in [0.4, 0.5) is 5.69 Å². The third-order valence-corrected chi connectivity index (χ3v) is 2.87. The molecule has 17 heavy (non-hydrogen) atoms. The Balaban J connectivity index is 2.89. The SMILES string of the molecule is CC(C)[C@H](N)C(=O)Nc1ccc(Br)cc1C#N. The first-order valence-corrected chi connectivity index (χ1v) is 6.01. The van der Waals surface area contributed by atoms with E-state index in [1.807, 2.05) is 19.9 Å². The van der Waals surface area contributed by atoms with Crippen molar-refractivity contribution in [2.24, 2.45) is 11.7 Å². The van der Waals surface area contributed by atoms with Gasteiger partial charge in [0, 0.05) is 4.47 Å². The van der Waals surface area contributed by atoms with Gasteiger partial charge in [0.1, 0.15) is 6.07 Å². The van der Waals surface area contributed by atoms with Gasteiger partial charge in [-0.15, -0.1) is 0 Å². The average molecular weight is 296 g/mol. The van der Waals surface area contributed by atoms with E-state index in [-0.39, 0.29) is 11.8 Å². The first-order chi connectivity index (χ1) is 7.95. The van der Waals surface area contributed by atoms with Crippen molar-refractivity contribution in [3.8, 4) is 6.07 Å². The zero-order chi connectivity index (χ0) is 13.0. The number of amides is 1. The molecule has 0 heterocycles. The summed E-state index contributed by atoms with van der Waals surface area (Å²) in [7, 11) is 0. The lowest BCUT2D eigenvalue weighted by Crippen LogP contribution is -2.39. The van der Waals surface area contributed by atoms with Gasteiger partial charge < -0.3 is 11.1 Å². The van der Waals surface area contributed by atoms with E-state index < -0.39 is 6.04 Å². The summed E-state index contributed by atoms with van der Waals surface area (Å²) in [6.45, 7) is 3.74. The minimum atomic E-state index is -0.579. The fourth-order valence-corrected chi connectivity index (χ4v) is 1.60. The maximum Gasteiger partial charge on any atom is 0.241 e. The zero-order valence-corrected chi connectivity index (χ0v) is 11.3. The summed E-state index contributed by atoms with van der Waals surface area (Å²) in [5, 5.41) is 11.6. The van der Waals surface area contributed by atoms with Crippen molar-refractivity contribution >= 4 is 27.5 Å². The highest BCUT2D eigenvalue weighted by Gasteiger charge is 2.18. The maximum absolute atomic E-state index is 11.7. The van der Waals surface area contributed by atoms with Gasteiger partial charge in [0.2, 0.25) is 5.91 Å². The van der Waals surface area contributed by atoms with E-state index in [9.17, 15) is 4.79 Å². The Kier molecular flexibility index (Phi) is 4.67. The fourth-order valence-electron chi connectivity index (χ4n) is 1.24. The number of nitriles is 1. The molecule has 1 aromatic carbocycles. The largest absolute Gasteiger partial charge is 0.324 e. The van der Waals surface area contributed by atoms with Gasteiger partial charge in [0.25, 0.3) is 0 Å². The number of hydrogen-bond donors (Lipinski definition) is 2. The molecule has 1 atom stereocenters. The van der Waals surface area contributed by atoms with Crippen molar-refractivity contribution in [3.63, 3.8) is 0 Å². The van der Waals surface area contributed by atoms with Crippen LogP contribution in [0.5, 0.6) is 0 Å². The van der Waals surface area contributed by atoms with E-state index in [0.29, 0.717) is 11.3 Å². The topological polar surface area (TPSA) is 78.9 Å². The number of carbonyl (C=O) groups excluding carboxylic acids is 1. The van der Waals surface area contributed by atoms with Crippen molar-refractivity contribution in [3.05, 3.63) is 28.2 Å². The van der Waals surface area contributed by atoms with Crippen LogP contribution in [-0.2, 0) is 4.79 Å². The van der Waals surface area contributed by atoms with E-state index in [1.165, 1.54) is 0 Å². The summed E-state index contributed by atoms with van der Waals surface area (Å²) in [4.78, 5) is 11.7. The van der Waals surface area contributed by atoms with Crippen molar-refractivity contribution < 1.29 is 4.79 Å². The minimum Gasteiger partial charge on any atom is -0.324 e. The second kappa shape index (κ2) is 5.80. The second-order valence-electron chi connectivity index (χ2n) is 4.06. The molecule has 0 saturated carbocycles. The Morgan fingerprint density at radius 3 is 2.71 bits per heavy atom. The predicted octanol–water partition coefficient (Wildman–Crippen LogP) is 2.24. The van der Waals surface area contributed by atoms with Gasteiger partial charge >= 0.3 is 0 Å². The van der Waals surface area contributed by atoms with E-state index in [0.717, 1.165) is 4.47 Å². The monoisotopic (exact) mass is 295 g/mol. The Morgan fingerprint density at radius 1 is 1.53 bits per heavy atom. The van der Waals surface area contributed by atoms with Crippen molar-refractivity contribution in [1.29, 1.82) is 5.26 Å². The van der Waals surface area contributed by atoms with Crippen LogP contribution < -0.4 is 11.1 Å². The lowest BCUT2D eigenvalue weighted by molar-refractivity contribution is -0.118. The number of nitrogens with two attached hydrogens (primary N) is 1. The van der Waals surface area contributed by atoms with Crippen LogP contribution >= 0.6 is 15.9 Å². The van der Waals surface area contributed by atoms with Crippen LogP contribution in [0.3, 0.4) is 0 Å². The molecule has 0 aliphatic carbocycles. The molecule has 1 aromatic rings. The van der Waals surface area contributed by atoms with Crippen LogP contribution in [0.2, 0.25) is 0 Å². The van der Waals surface area contributed by atoms with Gasteiger partial charge in [-0.3, -0.25) is 4.79 Å². The third kappa shape index (κ3) is 3.55. The van der Waals surface area contributed by atoms with Crippen LogP contribution in [0.1, 0.15) is 19.4 Å². The summed E-state index contributed by atoms with van der Waals surface area (Å²) in [6.07, 6.45) is 0. The molecule has 5 heteroatoms. The number of nitrogens with zero attached hydrogens (tertiary/aromatic N) is 1. The van der Waals surface area contributed by atoms with Crippen molar-refractivity contribution in [1.82, 2.24) is 0 Å². The first kappa shape index (κ1) is 13.7. The molecule has 0 aliphatic rings. The number of benzene rings is 1. The molecule has 0 fully saturated rings. The maximum atomic E-state index is 11.7. The van der Waals surface area contributed by atoms with Crippen molar-refractivity contribution in [2.75, 3.05) is 5.32 Å². The third-order valence-electron chi connectivity index (χ3n) is 2.38. The zero-order valence-electron chi connectivity index (χ0n) is 9.70. The molecule has 1 amide bonds. The molecule has 0 bridgehead atoms.